The van der Waals surface area contributed by atoms with Crippen molar-refractivity contribution < 1.29 is 14.3 Å². The number of hydrogen-bond donors (Lipinski definition) is 1. The Bertz CT molecular complexity index is 905. The van der Waals surface area contributed by atoms with Crippen molar-refractivity contribution >= 4 is 11.9 Å². The molecule has 3 aromatic rings. The van der Waals surface area contributed by atoms with E-state index in [0.29, 0.717) is 12.2 Å². The van der Waals surface area contributed by atoms with Gasteiger partial charge < -0.3 is 10.1 Å². The largest absolute Gasteiger partial charge is 0.451 e. The molecule has 27 heavy (non-hydrogen) atoms. The van der Waals surface area contributed by atoms with E-state index in [1.807, 2.05) is 67.6 Å². The number of aromatic nitrogens is 2. The fraction of sp³-hybridized carbons (Fsp3) is 0.190. The molecule has 0 atom stereocenters. The summed E-state index contributed by atoms with van der Waals surface area (Å²) in [6.45, 7) is 2.19. The van der Waals surface area contributed by atoms with Gasteiger partial charge in [-0.25, -0.2) is 9.48 Å². The van der Waals surface area contributed by atoms with Crippen molar-refractivity contribution in [2.45, 2.75) is 13.3 Å². The Balaban J connectivity index is 1.87. The minimum Gasteiger partial charge on any atom is -0.451 e. The number of nitrogens with one attached hydrogen (secondary N) is 1. The Hall–Kier alpha value is -3.41. The third-order valence-electron chi connectivity index (χ3n) is 3.90. The smallest absolute Gasteiger partial charge is 0.357 e. The van der Waals surface area contributed by atoms with Gasteiger partial charge in [-0.3, -0.25) is 4.79 Å². The summed E-state index contributed by atoms with van der Waals surface area (Å²) in [4.78, 5) is 24.3. The van der Waals surface area contributed by atoms with E-state index in [2.05, 4.69) is 10.4 Å². The van der Waals surface area contributed by atoms with E-state index in [1.54, 1.807) is 6.07 Å². The molecule has 0 spiro atoms. The molecular weight excluding hydrogens is 342 g/mol. The molecule has 0 saturated heterocycles. The number of carbonyl (C=O) groups is 2. The Morgan fingerprint density at radius 1 is 1.04 bits per heavy atom. The first kappa shape index (κ1) is 18.4. The van der Waals surface area contributed by atoms with Crippen LogP contribution in [0.1, 0.15) is 23.8 Å². The van der Waals surface area contributed by atoms with E-state index in [1.165, 1.54) is 4.68 Å². The van der Waals surface area contributed by atoms with Crippen molar-refractivity contribution in [1.29, 1.82) is 0 Å². The molecule has 1 heterocycles. The minimum atomic E-state index is -0.597. The molecule has 0 radical (unpaired) electrons. The molecule has 0 aliphatic carbocycles. The van der Waals surface area contributed by atoms with Crippen LogP contribution in [0.4, 0.5) is 0 Å². The predicted octanol–water partition coefficient (Wildman–Crippen LogP) is 3.22. The normalized spacial score (nSPS) is 10.4. The fourth-order valence-electron chi connectivity index (χ4n) is 2.56. The van der Waals surface area contributed by atoms with E-state index in [4.69, 9.17) is 4.74 Å². The van der Waals surface area contributed by atoms with Crippen LogP contribution in [-0.2, 0) is 9.53 Å². The SMILES string of the molecule is CCCNC(=O)COC(=O)c1cc(-c2ccccc2)nn1-c1ccccc1. The molecule has 3 rings (SSSR count). The van der Waals surface area contributed by atoms with Crippen molar-refractivity contribution in [2.75, 3.05) is 13.2 Å². The predicted molar refractivity (Wildman–Crippen MR) is 103 cm³/mol. The molecular formula is C21H21N3O3. The number of benzene rings is 2. The van der Waals surface area contributed by atoms with Gasteiger partial charge in [0.1, 0.15) is 0 Å². The first-order valence-electron chi connectivity index (χ1n) is 8.83. The summed E-state index contributed by atoms with van der Waals surface area (Å²) < 4.78 is 6.72. The van der Waals surface area contributed by atoms with Gasteiger partial charge in [-0.05, 0) is 24.6 Å². The van der Waals surface area contributed by atoms with Crippen LogP contribution in [-0.4, -0.2) is 34.8 Å². The maximum absolute atomic E-state index is 12.6. The van der Waals surface area contributed by atoms with Crippen LogP contribution >= 0.6 is 0 Å². The van der Waals surface area contributed by atoms with Gasteiger partial charge in [-0.2, -0.15) is 5.10 Å². The number of amides is 1. The van der Waals surface area contributed by atoms with E-state index in [0.717, 1.165) is 17.7 Å². The number of nitrogens with zero attached hydrogens (tertiary/aromatic N) is 2. The summed E-state index contributed by atoms with van der Waals surface area (Å²) in [7, 11) is 0. The Kier molecular flexibility index (Phi) is 5.99. The molecule has 1 amide bonds. The number of rotatable bonds is 7. The second-order valence-corrected chi connectivity index (χ2v) is 5.95. The molecule has 1 aromatic heterocycles. The second-order valence-electron chi connectivity index (χ2n) is 5.95. The van der Waals surface area contributed by atoms with E-state index >= 15 is 0 Å². The summed E-state index contributed by atoms with van der Waals surface area (Å²) in [5.74, 6) is -0.917. The summed E-state index contributed by atoms with van der Waals surface area (Å²) in [5.41, 5.74) is 2.55. The molecule has 0 bridgehead atoms. The number of para-hydroxylation sites is 1. The Morgan fingerprint density at radius 3 is 2.37 bits per heavy atom. The second kappa shape index (κ2) is 8.80. The van der Waals surface area contributed by atoms with Gasteiger partial charge in [-0.1, -0.05) is 55.5 Å². The molecule has 2 aromatic carbocycles. The van der Waals surface area contributed by atoms with Crippen LogP contribution in [0.15, 0.2) is 66.7 Å². The fourth-order valence-corrected chi connectivity index (χ4v) is 2.56. The lowest BCUT2D eigenvalue weighted by atomic mass is 10.1. The zero-order valence-corrected chi connectivity index (χ0v) is 15.1. The Morgan fingerprint density at radius 2 is 1.70 bits per heavy atom. The van der Waals surface area contributed by atoms with Crippen molar-refractivity contribution in [3.05, 3.63) is 72.4 Å². The summed E-state index contributed by atoms with van der Waals surface area (Å²) in [6.07, 6.45) is 0.820. The van der Waals surface area contributed by atoms with E-state index in [-0.39, 0.29) is 18.2 Å². The molecule has 1 N–H and O–H groups in total. The van der Waals surface area contributed by atoms with Gasteiger partial charge in [0.15, 0.2) is 12.3 Å². The van der Waals surface area contributed by atoms with Crippen molar-refractivity contribution in [3.8, 4) is 16.9 Å². The first-order valence-corrected chi connectivity index (χ1v) is 8.83. The minimum absolute atomic E-state index is 0.267. The highest BCUT2D eigenvalue weighted by Gasteiger charge is 2.19. The van der Waals surface area contributed by atoms with Gasteiger partial charge in [0.05, 0.1) is 11.4 Å². The van der Waals surface area contributed by atoms with Gasteiger partial charge in [0, 0.05) is 12.1 Å². The topological polar surface area (TPSA) is 73.2 Å². The lowest BCUT2D eigenvalue weighted by Gasteiger charge is -2.08. The highest BCUT2D eigenvalue weighted by Crippen LogP contribution is 2.22. The van der Waals surface area contributed by atoms with Crippen molar-refractivity contribution in [1.82, 2.24) is 15.1 Å². The molecule has 6 heteroatoms. The number of carbonyl (C=O) groups excluding carboxylic acids is 2. The van der Waals surface area contributed by atoms with Crippen LogP contribution in [0.2, 0.25) is 0 Å². The highest BCUT2D eigenvalue weighted by atomic mass is 16.5. The van der Waals surface area contributed by atoms with Gasteiger partial charge >= 0.3 is 5.97 Å². The monoisotopic (exact) mass is 363 g/mol. The Labute approximate surface area is 157 Å². The molecule has 6 nitrogen and oxygen atoms in total. The van der Waals surface area contributed by atoms with Crippen LogP contribution in [0.25, 0.3) is 16.9 Å². The molecule has 0 fully saturated rings. The average Bonchev–Trinajstić information content (AvgIpc) is 3.17. The van der Waals surface area contributed by atoms with Crippen LogP contribution < -0.4 is 5.32 Å². The van der Waals surface area contributed by atoms with Gasteiger partial charge in [0.25, 0.3) is 5.91 Å². The number of hydrogen-bond acceptors (Lipinski definition) is 4. The summed E-state index contributed by atoms with van der Waals surface area (Å²) >= 11 is 0. The standard InChI is InChI=1S/C21H21N3O3/c1-2-13-22-20(25)15-27-21(26)19-14-18(16-9-5-3-6-10-16)23-24(19)17-11-7-4-8-12-17/h3-12,14H,2,13,15H2,1H3,(H,22,25). The quantitative estimate of drug-likeness (QED) is 0.654. The van der Waals surface area contributed by atoms with Gasteiger partial charge in [0.2, 0.25) is 0 Å². The number of esters is 1. The average molecular weight is 363 g/mol. The van der Waals surface area contributed by atoms with Gasteiger partial charge in [-0.15, -0.1) is 0 Å². The van der Waals surface area contributed by atoms with Crippen LogP contribution in [0, 0.1) is 0 Å². The van der Waals surface area contributed by atoms with E-state index < -0.39 is 5.97 Å². The molecule has 0 saturated carbocycles. The first-order chi connectivity index (χ1) is 13.2. The highest BCUT2D eigenvalue weighted by molar-refractivity contribution is 5.91. The van der Waals surface area contributed by atoms with E-state index in [9.17, 15) is 9.59 Å². The third-order valence-corrected chi connectivity index (χ3v) is 3.90. The third kappa shape index (κ3) is 4.61. The van der Waals surface area contributed by atoms with Crippen molar-refractivity contribution in [3.63, 3.8) is 0 Å². The summed E-state index contributed by atoms with van der Waals surface area (Å²) in [5, 5.41) is 7.24. The lowest BCUT2D eigenvalue weighted by molar-refractivity contribution is -0.124. The zero-order valence-electron chi connectivity index (χ0n) is 15.1. The number of ether oxygens (including phenoxy) is 1. The maximum atomic E-state index is 12.6. The lowest BCUT2D eigenvalue weighted by Crippen LogP contribution is -2.29. The van der Waals surface area contributed by atoms with Crippen molar-refractivity contribution in [2.24, 2.45) is 0 Å². The molecule has 138 valence electrons. The van der Waals surface area contributed by atoms with Crippen LogP contribution in [0.5, 0.6) is 0 Å². The molecule has 0 aliphatic rings. The zero-order chi connectivity index (χ0) is 19.1. The maximum Gasteiger partial charge on any atom is 0.357 e. The molecule has 0 unspecified atom stereocenters. The van der Waals surface area contributed by atoms with Crippen LogP contribution in [0.3, 0.4) is 0 Å². The molecule has 0 aliphatic heterocycles. The summed E-state index contributed by atoms with van der Waals surface area (Å²) in [6, 6.07) is 20.6.